The van der Waals surface area contributed by atoms with Crippen LogP contribution in [0.2, 0.25) is 10.0 Å². The van der Waals surface area contributed by atoms with Gasteiger partial charge >= 0.3 is 0 Å². The standard InChI is InChI=1S/C9H10Cl2O3/c10-6-1-5(2-7(11)3-6)9(14)8(13)4-12/h1-3,8-9,12-14H,4H2. The summed E-state index contributed by atoms with van der Waals surface area (Å²) in [6, 6.07) is 4.48. The summed E-state index contributed by atoms with van der Waals surface area (Å²) >= 11 is 11.4. The summed E-state index contributed by atoms with van der Waals surface area (Å²) in [6.45, 7) is -0.523. The Bertz CT molecular complexity index is 297. The summed E-state index contributed by atoms with van der Waals surface area (Å²) in [4.78, 5) is 0. The number of hydrogen-bond donors (Lipinski definition) is 3. The molecule has 2 atom stereocenters. The van der Waals surface area contributed by atoms with E-state index in [1.807, 2.05) is 0 Å². The average Bonchev–Trinajstić information content (AvgIpc) is 2.14. The molecule has 78 valence electrons. The van der Waals surface area contributed by atoms with E-state index in [-0.39, 0.29) is 0 Å². The van der Waals surface area contributed by atoms with E-state index in [1.54, 1.807) is 0 Å². The van der Waals surface area contributed by atoms with Crippen molar-refractivity contribution in [3.63, 3.8) is 0 Å². The van der Waals surface area contributed by atoms with Crippen LogP contribution in [-0.2, 0) is 0 Å². The van der Waals surface area contributed by atoms with Gasteiger partial charge in [-0.15, -0.1) is 0 Å². The number of aliphatic hydroxyl groups is 3. The number of hydrogen-bond acceptors (Lipinski definition) is 3. The van der Waals surface area contributed by atoms with Crippen LogP contribution in [0.1, 0.15) is 11.7 Å². The molecular weight excluding hydrogens is 227 g/mol. The first-order chi connectivity index (χ1) is 6.54. The van der Waals surface area contributed by atoms with Gasteiger partial charge in [-0.1, -0.05) is 23.2 Å². The van der Waals surface area contributed by atoms with E-state index in [1.165, 1.54) is 18.2 Å². The molecule has 0 aliphatic rings. The monoisotopic (exact) mass is 236 g/mol. The van der Waals surface area contributed by atoms with Gasteiger partial charge in [-0.25, -0.2) is 0 Å². The maximum Gasteiger partial charge on any atom is 0.107 e. The van der Waals surface area contributed by atoms with Crippen molar-refractivity contribution < 1.29 is 15.3 Å². The van der Waals surface area contributed by atoms with Gasteiger partial charge in [0.15, 0.2) is 0 Å². The fraction of sp³-hybridized carbons (Fsp3) is 0.333. The minimum absolute atomic E-state index is 0.372. The minimum Gasteiger partial charge on any atom is -0.394 e. The smallest absolute Gasteiger partial charge is 0.107 e. The Balaban J connectivity index is 2.94. The van der Waals surface area contributed by atoms with Crippen LogP contribution in [0.5, 0.6) is 0 Å². The Kier molecular flexibility index (Phi) is 4.16. The summed E-state index contributed by atoms with van der Waals surface area (Å²) < 4.78 is 0. The zero-order valence-electron chi connectivity index (χ0n) is 7.19. The van der Waals surface area contributed by atoms with Gasteiger partial charge in [0.05, 0.1) is 6.61 Å². The SMILES string of the molecule is OCC(O)C(O)c1cc(Cl)cc(Cl)c1. The van der Waals surface area contributed by atoms with Crippen LogP contribution in [-0.4, -0.2) is 28.0 Å². The van der Waals surface area contributed by atoms with Gasteiger partial charge in [0, 0.05) is 10.0 Å². The van der Waals surface area contributed by atoms with Gasteiger partial charge in [-0.2, -0.15) is 0 Å². The van der Waals surface area contributed by atoms with Crippen molar-refractivity contribution in [3.05, 3.63) is 33.8 Å². The number of aliphatic hydroxyl groups excluding tert-OH is 3. The predicted octanol–water partition coefficient (Wildman–Crippen LogP) is 1.38. The van der Waals surface area contributed by atoms with Crippen molar-refractivity contribution >= 4 is 23.2 Å². The Morgan fingerprint density at radius 1 is 1.07 bits per heavy atom. The van der Waals surface area contributed by atoms with Crippen LogP contribution >= 0.6 is 23.2 Å². The van der Waals surface area contributed by atoms with Crippen LogP contribution in [0, 0.1) is 0 Å². The Morgan fingerprint density at radius 2 is 1.57 bits per heavy atom. The highest BCUT2D eigenvalue weighted by Crippen LogP contribution is 2.25. The Hall–Kier alpha value is -0.320. The van der Waals surface area contributed by atoms with E-state index in [4.69, 9.17) is 28.3 Å². The largest absolute Gasteiger partial charge is 0.394 e. The molecule has 14 heavy (non-hydrogen) atoms. The molecule has 0 fully saturated rings. The molecule has 1 rings (SSSR count). The van der Waals surface area contributed by atoms with Crippen molar-refractivity contribution in [2.75, 3.05) is 6.61 Å². The summed E-state index contributed by atoms with van der Waals surface area (Å²) in [6.07, 6.45) is -2.42. The van der Waals surface area contributed by atoms with Crippen LogP contribution in [0.25, 0.3) is 0 Å². The predicted molar refractivity (Wildman–Crippen MR) is 54.5 cm³/mol. The lowest BCUT2D eigenvalue weighted by Gasteiger charge is -2.16. The highest BCUT2D eigenvalue weighted by atomic mass is 35.5. The third-order valence-corrected chi connectivity index (χ3v) is 2.21. The molecule has 0 radical (unpaired) electrons. The molecule has 2 unspecified atom stereocenters. The normalized spacial score (nSPS) is 15.2. The number of benzene rings is 1. The number of halogens is 2. The van der Waals surface area contributed by atoms with Crippen LogP contribution in [0.4, 0.5) is 0 Å². The van der Waals surface area contributed by atoms with Crippen LogP contribution in [0.15, 0.2) is 18.2 Å². The maximum absolute atomic E-state index is 9.51. The van der Waals surface area contributed by atoms with Gasteiger partial charge in [0.25, 0.3) is 0 Å². The molecule has 0 saturated heterocycles. The second-order valence-corrected chi connectivity index (χ2v) is 3.77. The topological polar surface area (TPSA) is 60.7 Å². The Labute approximate surface area is 91.5 Å². The van der Waals surface area contributed by atoms with E-state index < -0.39 is 18.8 Å². The Morgan fingerprint density at radius 3 is 2.00 bits per heavy atom. The summed E-state index contributed by atoms with van der Waals surface area (Å²) in [5.41, 5.74) is 0.379. The van der Waals surface area contributed by atoms with Gasteiger partial charge in [0.1, 0.15) is 12.2 Å². The van der Waals surface area contributed by atoms with E-state index in [2.05, 4.69) is 0 Å². The molecular formula is C9H10Cl2O3. The molecule has 1 aromatic rings. The van der Waals surface area contributed by atoms with Gasteiger partial charge < -0.3 is 15.3 Å². The molecule has 0 saturated carbocycles. The van der Waals surface area contributed by atoms with Crippen molar-refractivity contribution in [1.82, 2.24) is 0 Å². The molecule has 0 aliphatic carbocycles. The first-order valence-electron chi connectivity index (χ1n) is 3.97. The molecule has 0 bridgehead atoms. The lowest BCUT2D eigenvalue weighted by molar-refractivity contribution is -0.0152. The molecule has 0 heterocycles. The fourth-order valence-corrected chi connectivity index (χ4v) is 1.61. The summed E-state index contributed by atoms with van der Waals surface area (Å²) in [7, 11) is 0. The molecule has 5 heteroatoms. The molecule has 0 aromatic heterocycles. The third kappa shape index (κ3) is 2.83. The van der Waals surface area contributed by atoms with Crippen molar-refractivity contribution in [1.29, 1.82) is 0 Å². The van der Waals surface area contributed by atoms with Crippen molar-refractivity contribution in [3.8, 4) is 0 Å². The van der Waals surface area contributed by atoms with E-state index in [0.717, 1.165) is 0 Å². The highest BCUT2D eigenvalue weighted by molar-refractivity contribution is 6.34. The second-order valence-electron chi connectivity index (χ2n) is 2.90. The first-order valence-corrected chi connectivity index (χ1v) is 4.73. The lowest BCUT2D eigenvalue weighted by Crippen LogP contribution is -2.21. The molecule has 3 nitrogen and oxygen atoms in total. The summed E-state index contributed by atoms with van der Waals surface area (Å²) in [5, 5.41) is 28.1. The molecule has 0 aliphatic heterocycles. The van der Waals surface area contributed by atoms with Gasteiger partial charge in [-0.05, 0) is 23.8 Å². The zero-order chi connectivity index (χ0) is 10.7. The summed E-state index contributed by atoms with van der Waals surface area (Å²) in [5.74, 6) is 0. The van der Waals surface area contributed by atoms with Crippen LogP contribution < -0.4 is 0 Å². The van der Waals surface area contributed by atoms with Crippen LogP contribution in [0.3, 0.4) is 0 Å². The molecule has 0 amide bonds. The third-order valence-electron chi connectivity index (χ3n) is 1.78. The highest BCUT2D eigenvalue weighted by Gasteiger charge is 2.17. The zero-order valence-corrected chi connectivity index (χ0v) is 8.70. The molecule has 3 N–H and O–H groups in total. The van der Waals surface area contributed by atoms with Gasteiger partial charge in [0.2, 0.25) is 0 Å². The van der Waals surface area contributed by atoms with Crippen molar-refractivity contribution in [2.24, 2.45) is 0 Å². The average molecular weight is 237 g/mol. The minimum atomic E-state index is -1.23. The van der Waals surface area contributed by atoms with E-state index in [0.29, 0.717) is 15.6 Å². The van der Waals surface area contributed by atoms with Crippen molar-refractivity contribution in [2.45, 2.75) is 12.2 Å². The second kappa shape index (κ2) is 4.96. The maximum atomic E-state index is 9.51. The molecule has 1 aromatic carbocycles. The quantitative estimate of drug-likeness (QED) is 0.744. The fourth-order valence-electron chi connectivity index (χ4n) is 1.07. The molecule has 0 spiro atoms. The van der Waals surface area contributed by atoms with E-state index in [9.17, 15) is 10.2 Å². The van der Waals surface area contributed by atoms with Gasteiger partial charge in [-0.3, -0.25) is 0 Å². The number of rotatable bonds is 3. The van der Waals surface area contributed by atoms with E-state index >= 15 is 0 Å². The lowest BCUT2D eigenvalue weighted by atomic mass is 10.1. The first kappa shape index (κ1) is 11.8.